The van der Waals surface area contributed by atoms with Crippen LogP contribution in [0.3, 0.4) is 0 Å². The van der Waals surface area contributed by atoms with Crippen molar-refractivity contribution < 1.29 is 22.4 Å². The number of amides is 1. The monoisotopic (exact) mass is 471 g/mol. The van der Waals surface area contributed by atoms with Crippen LogP contribution in [0.15, 0.2) is 70.2 Å². The third kappa shape index (κ3) is 4.24. The lowest BCUT2D eigenvalue weighted by Crippen LogP contribution is -2.30. The normalized spacial score (nSPS) is 11.8. The van der Waals surface area contributed by atoms with Crippen LogP contribution in [-0.2, 0) is 16.6 Å². The summed E-state index contributed by atoms with van der Waals surface area (Å²) in [4.78, 5) is 19.7. The van der Waals surface area contributed by atoms with Gasteiger partial charge in [-0.25, -0.2) is 17.7 Å². The van der Waals surface area contributed by atoms with Gasteiger partial charge in [-0.05, 0) is 54.6 Å². The van der Waals surface area contributed by atoms with Crippen LogP contribution in [0.5, 0.6) is 5.75 Å². The summed E-state index contributed by atoms with van der Waals surface area (Å²) in [6.07, 6.45) is 1.54. The molecule has 0 N–H and O–H groups in total. The smallest absolute Gasteiger partial charge is 0.260 e. The zero-order chi connectivity index (χ0) is 22.9. The number of furan rings is 1. The summed E-state index contributed by atoms with van der Waals surface area (Å²) in [6.45, 7) is 0.181. The summed E-state index contributed by atoms with van der Waals surface area (Å²) >= 11 is 1.36. The Labute approximate surface area is 189 Å². The first kappa shape index (κ1) is 22.0. The number of anilines is 1. The predicted octanol–water partition coefficient (Wildman–Crippen LogP) is 4.00. The number of fused-ring (bicyclic) bond motifs is 1. The third-order valence-corrected chi connectivity index (χ3v) is 7.70. The van der Waals surface area contributed by atoms with Crippen molar-refractivity contribution in [1.29, 1.82) is 0 Å². The molecule has 2 aromatic heterocycles. The van der Waals surface area contributed by atoms with Crippen molar-refractivity contribution in [2.75, 3.05) is 26.1 Å². The lowest BCUT2D eigenvalue weighted by molar-refractivity contribution is 0.0983. The third-order valence-electron chi connectivity index (χ3n) is 4.83. The molecule has 2 heterocycles. The Kier molecular flexibility index (Phi) is 6.00. The zero-order valence-electron chi connectivity index (χ0n) is 17.7. The summed E-state index contributed by atoms with van der Waals surface area (Å²) < 4.78 is 37.4. The SMILES string of the molecule is COc1ccc2nc(N(Cc3ccco3)C(=O)c3ccc(S(=O)(=O)N(C)C)cc3)sc2c1. The summed E-state index contributed by atoms with van der Waals surface area (Å²) in [7, 11) is 0.928. The van der Waals surface area contributed by atoms with E-state index in [9.17, 15) is 13.2 Å². The topological polar surface area (TPSA) is 93.0 Å². The maximum atomic E-state index is 13.4. The Morgan fingerprint density at radius 2 is 1.88 bits per heavy atom. The molecule has 166 valence electrons. The molecule has 0 spiro atoms. The number of carbonyl (C=O) groups is 1. The molecule has 0 saturated heterocycles. The number of hydrogen-bond donors (Lipinski definition) is 0. The van der Waals surface area contributed by atoms with Gasteiger partial charge in [-0.15, -0.1) is 0 Å². The van der Waals surface area contributed by atoms with Crippen molar-refractivity contribution in [2.45, 2.75) is 11.4 Å². The fourth-order valence-corrected chi connectivity index (χ4v) is 4.95. The highest BCUT2D eigenvalue weighted by atomic mass is 32.2. The molecule has 0 unspecified atom stereocenters. The summed E-state index contributed by atoms with van der Waals surface area (Å²) in [6, 6.07) is 14.9. The van der Waals surface area contributed by atoms with E-state index in [0.717, 1.165) is 14.5 Å². The van der Waals surface area contributed by atoms with Gasteiger partial charge in [0, 0.05) is 19.7 Å². The quantitative estimate of drug-likeness (QED) is 0.405. The molecule has 0 atom stereocenters. The van der Waals surface area contributed by atoms with Crippen molar-refractivity contribution in [3.05, 3.63) is 72.2 Å². The standard InChI is InChI=1S/C22H21N3O5S2/c1-24(2)32(27,28)18-9-6-15(7-10-18)21(26)25(14-17-5-4-12-30-17)22-23-19-11-8-16(29-3)13-20(19)31-22/h4-13H,14H2,1-3H3. The molecule has 0 saturated carbocycles. The first-order chi connectivity index (χ1) is 15.3. The number of sulfonamides is 1. The van der Waals surface area contributed by atoms with E-state index in [4.69, 9.17) is 9.15 Å². The average molecular weight is 472 g/mol. The van der Waals surface area contributed by atoms with Crippen molar-refractivity contribution in [2.24, 2.45) is 0 Å². The van der Waals surface area contributed by atoms with Crippen LogP contribution in [0.25, 0.3) is 10.2 Å². The van der Waals surface area contributed by atoms with Gasteiger partial charge in [-0.3, -0.25) is 9.69 Å². The molecule has 0 aliphatic rings. The molecular formula is C22H21N3O5S2. The van der Waals surface area contributed by atoms with Gasteiger partial charge in [0.05, 0.1) is 35.0 Å². The van der Waals surface area contributed by atoms with Crippen LogP contribution in [0, 0.1) is 0 Å². The van der Waals surface area contributed by atoms with Gasteiger partial charge in [0.25, 0.3) is 5.91 Å². The Balaban J connectivity index is 1.71. The Morgan fingerprint density at radius 1 is 1.12 bits per heavy atom. The number of carbonyl (C=O) groups excluding carboxylic acids is 1. The van der Waals surface area contributed by atoms with Crippen LogP contribution in [-0.4, -0.2) is 44.8 Å². The molecular weight excluding hydrogens is 450 g/mol. The second-order valence-electron chi connectivity index (χ2n) is 7.11. The van der Waals surface area contributed by atoms with Crippen LogP contribution in [0.2, 0.25) is 0 Å². The van der Waals surface area contributed by atoms with E-state index in [1.54, 1.807) is 25.5 Å². The highest BCUT2D eigenvalue weighted by Crippen LogP contribution is 2.33. The van der Waals surface area contributed by atoms with E-state index in [0.29, 0.717) is 22.2 Å². The van der Waals surface area contributed by atoms with Gasteiger partial charge < -0.3 is 9.15 Å². The van der Waals surface area contributed by atoms with E-state index in [-0.39, 0.29) is 17.3 Å². The molecule has 8 nitrogen and oxygen atoms in total. The van der Waals surface area contributed by atoms with Crippen LogP contribution >= 0.6 is 11.3 Å². The van der Waals surface area contributed by atoms with Crippen molar-refractivity contribution in [3.8, 4) is 5.75 Å². The van der Waals surface area contributed by atoms with Gasteiger partial charge in [0.1, 0.15) is 11.5 Å². The number of rotatable bonds is 7. The highest BCUT2D eigenvalue weighted by Gasteiger charge is 2.24. The van der Waals surface area contributed by atoms with Crippen molar-refractivity contribution in [1.82, 2.24) is 9.29 Å². The van der Waals surface area contributed by atoms with Gasteiger partial charge in [0.15, 0.2) is 5.13 Å². The largest absolute Gasteiger partial charge is 0.497 e. The number of nitrogens with zero attached hydrogens (tertiary/aromatic N) is 3. The Bertz CT molecular complexity index is 1340. The molecule has 0 aliphatic heterocycles. The summed E-state index contributed by atoms with van der Waals surface area (Å²) in [5, 5.41) is 0.500. The van der Waals surface area contributed by atoms with Gasteiger partial charge >= 0.3 is 0 Å². The first-order valence-electron chi connectivity index (χ1n) is 9.61. The van der Waals surface area contributed by atoms with E-state index in [1.807, 2.05) is 18.2 Å². The predicted molar refractivity (Wildman–Crippen MR) is 123 cm³/mol. The van der Waals surface area contributed by atoms with Crippen LogP contribution in [0.4, 0.5) is 5.13 Å². The van der Waals surface area contributed by atoms with Gasteiger partial charge in [0.2, 0.25) is 10.0 Å². The molecule has 0 aliphatic carbocycles. The Hall–Kier alpha value is -3.21. The molecule has 32 heavy (non-hydrogen) atoms. The van der Waals surface area contributed by atoms with Gasteiger partial charge in [-0.2, -0.15) is 0 Å². The van der Waals surface area contributed by atoms with Crippen molar-refractivity contribution in [3.63, 3.8) is 0 Å². The number of thiazole rings is 1. The molecule has 10 heteroatoms. The fraction of sp³-hybridized carbons (Fsp3) is 0.182. The molecule has 2 aromatic carbocycles. The molecule has 0 fully saturated rings. The van der Waals surface area contributed by atoms with Crippen molar-refractivity contribution >= 4 is 42.6 Å². The maximum Gasteiger partial charge on any atom is 0.260 e. The Morgan fingerprint density at radius 3 is 2.50 bits per heavy atom. The second kappa shape index (κ2) is 8.73. The minimum Gasteiger partial charge on any atom is -0.497 e. The summed E-state index contributed by atoms with van der Waals surface area (Å²) in [5.41, 5.74) is 1.08. The zero-order valence-corrected chi connectivity index (χ0v) is 19.3. The number of methoxy groups -OCH3 is 1. The second-order valence-corrected chi connectivity index (χ2v) is 10.3. The minimum atomic E-state index is -3.59. The maximum absolute atomic E-state index is 13.4. The molecule has 1 amide bonds. The molecule has 0 bridgehead atoms. The lowest BCUT2D eigenvalue weighted by atomic mass is 10.2. The average Bonchev–Trinajstić information content (AvgIpc) is 3.45. The van der Waals surface area contributed by atoms with Crippen LogP contribution < -0.4 is 9.64 Å². The molecule has 4 aromatic rings. The van der Waals surface area contributed by atoms with E-state index in [1.165, 1.54) is 54.6 Å². The van der Waals surface area contributed by atoms with Crippen LogP contribution in [0.1, 0.15) is 16.1 Å². The van der Waals surface area contributed by atoms with Gasteiger partial charge in [-0.1, -0.05) is 11.3 Å². The summed E-state index contributed by atoms with van der Waals surface area (Å²) in [5.74, 6) is 0.984. The van der Waals surface area contributed by atoms with E-state index < -0.39 is 10.0 Å². The number of aromatic nitrogens is 1. The number of ether oxygens (including phenoxy) is 1. The molecule has 0 radical (unpaired) electrons. The molecule has 4 rings (SSSR count). The number of hydrogen-bond acceptors (Lipinski definition) is 7. The fourth-order valence-electron chi connectivity index (χ4n) is 3.06. The van der Waals surface area contributed by atoms with E-state index in [2.05, 4.69) is 4.98 Å². The lowest BCUT2D eigenvalue weighted by Gasteiger charge is -2.19. The van der Waals surface area contributed by atoms with E-state index >= 15 is 0 Å². The minimum absolute atomic E-state index is 0.115. The first-order valence-corrected chi connectivity index (χ1v) is 11.9. The highest BCUT2D eigenvalue weighted by molar-refractivity contribution is 7.89. The number of benzene rings is 2.